The maximum absolute atomic E-state index is 13.7. The van der Waals surface area contributed by atoms with Gasteiger partial charge in [0.05, 0.1) is 9.82 Å². The minimum Gasteiger partial charge on any atom is -0.447 e. The molecule has 0 aliphatic rings. The van der Waals surface area contributed by atoms with Crippen molar-refractivity contribution in [3.8, 4) is 11.5 Å². The van der Waals surface area contributed by atoms with Crippen LogP contribution in [0.1, 0.15) is 0 Å². The number of benzene rings is 2. The van der Waals surface area contributed by atoms with Crippen LogP contribution < -0.4 is 9.46 Å². The number of para-hydroxylation sites is 1. The second-order valence-corrected chi connectivity index (χ2v) is 7.39. The van der Waals surface area contributed by atoms with E-state index in [-0.39, 0.29) is 22.9 Å². The van der Waals surface area contributed by atoms with Crippen molar-refractivity contribution in [2.75, 3.05) is 27.2 Å². The van der Waals surface area contributed by atoms with E-state index in [0.717, 1.165) is 18.2 Å². The van der Waals surface area contributed by atoms with Crippen LogP contribution in [-0.4, -0.2) is 45.4 Å². The summed E-state index contributed by atoms with van der Waals surface area (Å²) in [5.41, 5.74) is -0.580. The molecule has 1 N–H and O–H groups in total. The maximum Gasteiger partial charge on any atom is 0.312 e. The Hall–Kier alpha value is -2.56. The Bertz CT molecular complexity index is 903. The normalized spacial score (nSPS) is 11.5. The predicted molar refractivity (Wildman–Crippen MR) is 93.3 cm³/mol. The highest BCUT2D eigenvalue weighted by atomic mass is 32.2. The molecule has 0 aliphatic carbocycles. The van der Waals surface area contributed by atoms with Gasteiger partial charge in [0.2, 0.25) is 15.8 Å². The van der Waals surface area contributed by atoms with Crippen molar-refractivity contribution in [3.63, 3.8) is 0 Å². The van der Waals surface area contributed by atoms with Gasteiger partial charge in [0.15, 0.2) is 11.6 Å². The number of hydrogen-bond donors (Lipinski definition) is 1. The molecular formula is C16H18FN3O5S. The summed E-state index contributed by atoms with van der Waals surface area (Å²) < 4.78 is 45.8. The zero-order valence-electron chi connectivity index (χ0n) is 14.2. The molecule has 0 spiro atoms. The zero-order chi connectivity index (χ0) is 19.3. The third-order valence-electron chi connectivity index (χ3n) is 3.35. The molecule has 0 aromatic heterocycles. The number of halogens is 1. The standard InChI is InChI=1S/C16H18FN3O5S/c1-19(2)10-9-18-26(23,24)12-7-8-16(14(11-12)20(21)22)25-15-6-4-3-5-13(15)17/h3-8,11,18H,9-10H2,1-2H3. The first-order valence-corrected chi connectivity index (χ1v) is 9.04. The number of nitro benzene ring substituents is 1. The summed E-state index contributed by atoms with van der Waals surface area (Å²) >= 11 is 0. The van der Waals surface area contributed by atoms with Gasteiger partial charge in [-0.2, -0.15) is 0 Å². The Balaban J connectivity index is 2.31. The number of rotatable bonds is 8. The molecule has 0 bridgehead atoms. The topological polar surface area (TPSA) is 102 Å². The number of nitrogens with one attached hydrogen (secondary N) is 1. The zero-order valence-corrected chi connectivity index (χ0v) is 15.0. The van der Waals surface area contributed by atoms with Gasteiger partial charge in [-0.25, -0.2) is 17.5 Å². The third-order valence-corrected chi connectivity index (χ3v) is 4.80. The first-order chi connectivity index (χ1) is 12.2. The van der Waals surface area contributed by atoms with Crippen LogP contribution in [0, 0.1) is 15.9 Å². The smallest absolute Gasteiger partial charge is 0.312 e. The van der Waals surface area contributed by atoms with E-state index in [0.29, 0.717) is 6.54 Å². The van der Waals surface area contributed by atoms with Crippen LogP contribution in [0.5, 0.6) is 11.5 Å². The molecule has 26 heavy (non-hydrogen) atoms. The van der Waals surface area contributed by atoms with Crippen LogP contribution in [0.3, 0.4) is 0 Å². The van der Waals surface area contributed by atoms with Gasteiger partial charge in [0.25, 0.3) is 0 Å². The highest BCUT2D eigenvalue weighted by molar-refractivity contribution is 7.89. The van der Waals surface area contributed by atoms with Crippen molar-refractivity contribution in [1.82, 2.24) is 9.62 Å². The van der Waals surface area contributed by atoms with Crippen molar-refractivity contribution < 1.29 is 22.5 Å². The van der Waals surface area contributed by atoms with E-state index in [9.17, 15) is 22.9 Å². The Morgan fingerprint density at radius 2 is 1.88 bits per heavy atom. The molecule has 2 aromatic carbocycles. The number of nitro groups is 1. The summed E-state index contributed by atoms with van der Waals surface area (Å²) in [7, 11) is -0.349. The van der Waals surface area contributed by atoms with E-state index in [2.05, 4.69) is 4.72 Å². The van der Waals surface area contributed by atoms with E-state index in [1.165, 1.54) is 24.3 Å². The largest absolute Gasteiger partial charge is 0.447 e. The molecule has 0 saturated carbocycles. The summed E-state index contributed by atoms with van der Waals surface area (Å²) in [5, 5.41) is 11.3. The van der Waals surface area contributed by atoms with Gasteiger partial charge in [-0.15, -0.1) is 0 Å². The van der Waals surface area contributed by atoms with Crippen molar-refractivity contribution in [1.29, 1.82) is 0 Å². The van der Waals surface area contributed by atoms with Gasteiger partial charge < -0.3 is 9.64 Å². The van der Waals surface area contributed by atoms with Gasteiger partial charge >= 0.3 is 5.69 Å². The predicted octanol–water partition coefficient (Wildman–Crippen LogP) is 2.37. The first-order valence-electron chi connectivity index (χ1n) is 7.56. The Labute approximate surface area is 150 Å². The molecule has 140 valence electrons. The molecule has 0 atom stereocenters. The average molecular weight is 383 g/mol. The number of sulfonamides is 1. The number of likely N-dealkylation sites (N-methyl/N-ethyl adjacent to an activating group) is 1. The Morgan fingerprint density at radius 1 is 1.19 bits per heavy atom. The maximum atomic E-state index is 13.7. The van der Waals surface area contributed by atoms with E-state index in [4.69, 9.17) is 4.74 Å². The number of hydrogen-bond acceptors (Lipinski definition) is 6. The fraction of sp³-hybridized carbons (Fsp3) is 0.250. The molecule has 8 nitrogen and oxygen atoms in total. The van der Waals surface area contributed by atoms with Gasteiger partial charge in [0, 0.05) is 19.2 Å². The monoisotopic (exact) mass is 383 g/mol. The molecule has 0 saturated heterocycles. The van der Waals surface area contributed by atoms with E-state index in [1.807, 2.05) is 0 Å². The van der Waals surface area contributed by atoms with Crippen molar-refractivity contribution >= 4 is 15.7 Å². The highest BCUT2D eigenvalue weighted by Gasteiger charge is 2.23. The highest BCUT2D eigenvalue weighted by Crippen LogP contribution is 2.34. The quantitative estimate of drug-likeness (QED) is 0.555. The average Bonchev–Trinajstić information content (AvgIpc) is 2.56. The van der Waals surface area contributed by atoms with E-state index >= 15 is 0 Å². The molecule has 10 heteroatoms. The van der Waals surface area contributed by atoms with Crippen molar-refractivity contribution in [3.05, 3.63) is 58.4 Å². The summed E-state index contributed by atoms with van der Waals surface area (Å²) in [5.74, 6) is -1.15. The molecule has 0 unspecified atom stereocenters. The van der Waals surface area contributed by atoms with Crippen molar-refractivity contribution in [2.24, 2.45) is 0 Å². The van der Waals surface area contributed by atoms with Crippen LogP contribution in [0.4, 0.5) is 10.1 Å². The van der Waals surface area contributed by atoms with E-state index < -0.39 is 26.5 Å². The number of nitrogens with zero attached hydrogens (tertiary/aromatic N) is 2. The number of ether oxygens (including phenoxy) is 1. The van der Waals surface area contributed by atoms with Crippen LogP contribution in [0.15, 0.2) is 47.4 Å². The second-order valence-electron chi connectivity index (χ2n) is 5.62. The minimum atomic E-state index is -3.92. The molecule has 0 fully saturated rings. The van der Waals surface area contributed by atoms with Crippen LogP contribution in [0.25, 0.3) is 0 Å². The first kappa shape index (κ1) is 19.8. The molecule has 0 aliphatic heterocycles. The van der Waals surface area contributed by atoms with Gasteiger partial charge in [-0.05, 0) is 38.4 Å². The van der Waals surface area contributed by atoms with Crippen LogP contribution in [-0.2, 0) is 10.0 Å². The Morgan fingerprint density at radius 3 is 2.50 bits per heavy atom. The van der Waals surface area contributed by atoms with Crippen molar-refractivity contribution in [2.45, 2.75) is 4.90 Å². The molecule has 0 radical (unpaired) electrons. The lowest BCUT2D eigenvalue weighted by Gasteiger charge is -2.12. The van der Waals surface area contributed by atoms with E-state index in [1.54, 1.807) is 19.0 Å². The summed E-state index contributed by atoms with van der Waals surface area (Å²) in [6.45, 7) is 0.617. The molecule has 2 aromatic rings. The second kappa shape index (κ2) is 8.21. The van der Waals surface area contributed by atoms with Crippen LogP contribution >= 0.6 is 0 Å². The SMILES string of the molecule is CN(C)CCNS(=O)(=O)c1ccc(Oc2ccccc2F)c([N+](=O)[O-])c1. The van der Waals surface area contributed by atoms with Crippen LogP contribution in [0.2, 0.25) is 0 Å². The lowest BCUT2D eigenvalue weighted by molar-refractivity contribution is -0.385. The lowest BCUT2D eigenvalue weighted by atomic mass is 10.3. The molecule has 0 amide bonds. The Kier molecular flexibility index (Phi) is 6.24. The van der Waals surface area contributed by atoms with Gasteiger partial charge in [-0.1, -0.05) is 12.1 Å². The summed E-state index contributed by atoms with van der Waals surface area (Å²) in [6.07, 6.45) is 0. The summed E-state index contributed by atoms with van der Waals surface area (Å²) in [4.78, 5) is 12.0. The molecular weight excluding hydrogens is 365 g/mol. The van der Waals surface area contributed by atoms with Gasteiger partial charge in [0.1, 0.15) is 0 Å². The summed E-state index contributed by atoms with van der Waals surface area (Å²) in [6, 6.07) is 8.60. The molecule has 0 heterocycles. The fourth-order valence-corrected chi connectivity index (χ4v) is 3.07. The molecule has 2 rings (SSSR count). The third kappa shape index (κ3) is 4.97. The lowest BCUT2D eigenvalue weighted by Crippen LogP contribution is -2.31. The minimum absolute atomic E-state index is 0.149. The fourth-order valence-electron chi connectivity index (χ4n) is 2.03. The van der Waals surface area contributed by atoms with Gasteiger partial charge in [-0.3, -0.25) is 10.1 Å².